The molecule has 0 aliphatic carbocycles. The summed E-state index contributed by atoms with van der Waals surface area (Å²) in [4.78, 5) is 16.2. The summed E-state index contributed by atoms with van der Waals surface area (Å²) >= 11 is 5.80. The van der Waals surface area contributed by atoms with Gasteiger partial charge in [0.2, 0.25) is 0 Å². The zero-order chi connectivity index (χ0) is 12.5. The number of pyridine rings is 2. The van der Waals surface area contributed by atoms with Crippen molar-refractivity contribution in [1.29, 1.82) is 0 Å². The molecule has 0 saturated carbocycles. The maximum Gasteiger partial charge on any atom is 0.180 e. The highest BCUT2D eigenvalue weighted by molar-refractivity contribution is 6.30. The van der Waals surface area contributed by atoms with Gasteiger partial charge in [0.05, 0.1) is 10.5 Å². The Bertz CT molecular complexity index is 689. The predicted molar refractivity (Wildman–Crippen MR) is 71.7 cm³/mol. The zero-order valence-electron chi connectivity index (χ0n) is 9.61. The molecule has 3 rings (SSSR count). The zero-order valence-corrected chi connectivity index (χ0v) is 10.4. The summed E-state index contributed by atoms with van der Waals surface area (Å²) in [6.07, 6.45) is 1.59. The summed E-state index contributed by atoms with van der Waals surface area (Å²) in [5.41, 5.74) is 2.28. The summed E-state index contributed by atoms with van der Waals surface area (Å²) in [6.45, 7) is 0. The van der Waals surface area contributed by atoms with Gasteiger partial charge in [-0.2, -0.15) is 0 Å². The molecule has 2 N–H and O–H groups in total. The van der Waals surface area contributed by atoms with Crippen molar-refractivity contribution in [3.8, 4) is 11.5 Å². The molecule has 3 heterocycles. The second-order valence-corrected chi connectivity index (χ2v) is 4.20. The molecule has 0 bridgehead atoms. The normalized spacial score (nSPS) is 10.8. The van der Waals surface area contributed by atoms with Crippen molar-refractivity contribution in [2.24, 2.45) is 0 Å². The SMILES string of the molecule is CNc1ccc2[nH]c(-c3ccc(Cl)cn3)nc2n1. The van der Waals surface area contributed by atoms with Crippen LogP contribution in [0.3, 0.4) is 0 Å². The number of aromatic amines is 1. The van der Waals surface area contributed by atoms with Crippen LogP contribution in [-0.4, -0.2) is 27.0 Å². The van der Waals surface area contributed by atoms with Crippen LogP contribution in [0.15, 0.2) is 30.5 Å². The Kier molecular flexibility index (Phi) is 2.60. The fraction of sp³-hybridized carbons (Fsp3) is 0.0833. The van der Waals surface area contributed by atoms with E-state index in [9.17, 15) is 0 Å². The number of hydrogen-bond donors (Lipinski definition) is 2. The van der Waals surface area contributed by atoms with E-state index in [0.29, 0.717) is 16.5 Å². The number of fused-ring (bicyclic) bond motifs is 1. The molecule has 18 heavy (non-hydrogen) atoms. The predicted octanol–water partition coefficient (Wildman–Crippen LogP) is 2.71. The molecule has 3 aromatic rings. The molecule has 3 aromatic heterocycles. The van der Waals surface area contributed by atoms with Gasteiger partial charge in [0.1, 0.15) is 11.5 Å². The first-order chi connectivity index (χ1) is 8.76. The Hall–Kier alpha value is -2.14. The van der Waals surface area contributed by atoms with Crippen molar-refractivity contribution in [1.82, 2.24) is 19.9 Å². The van der Waals surface area contributed by atoms with Crippen LogP contribution in [-0.2, 0) is 0 Å². The molecular formula is C12H10ClN5. The molecule has 0 atom stereocenters. The number of anilines is 1. The summed E-state index contributed by atoms with van der Waals surface area (Å²) < 4.78 is 0. The lowest BCUT2D eigenvalue weighted by atomic mass is 10.3. The van der Waals surface area contributed by atoms with Gasteiger partial charge in [-0.05, 0) is 24.3 Å². The molecule has 0 saturated heterocycles. The van der Waals surface area contributed by atoms with Gasteiger partial charge >= 0.3 is 0 Å². The van der Waals surface area contributed by atoms with Crippen molar-refractivity contribution >= 4 is 28.6 Å². The quantitative estimate of drug-likeness (QED) is 0.743. The van der Waals surface area contributed by atoms with Crippen LogP contribution in [0, 0.1) is 0 Å². The Morgan fingerprint density at radius 1 is 1.17 bits per heavy atom. The van der Waals surface area contributed by atoms with Crippen molar-refractivity contribution in [2.45, 2.75) is 0 Å². The fourth-order valence-corrected chi connectivity index (χ4v) is 1.78. The van der Waals surface area contributed by atoms with Gasteiger partial charge < -0.3 is 10.3 Å². The van der Waals surface area contributed by atoms with E-state index in [1.54, 1.807) is 12.3 Å². The third-order valence-corrected chi connectivity index (χ3v) is 2.80. The third-order valence-electron chi connectivity index (χ3n) is 2.57. The number of H-pyrrole nitrogens is 1. The Balaban J connectivity index is 2.10. The highest BCUT2D eigenvalue weighted by Crippen LogP contribution is 2.19. The van der Waals surface area contributed by atoms with Gasteiger partial charge in [-0.15, -0.1) is 0 Å². The maximum atomic E-state index is 5.80. The van der Waals surface area contributed by atoms with Crippen LogP contribution in [0.2, 0.25) is 5.02 Å². The van der Waals surface area contributed by atoms with E-state index in [1.165, 1.54) is 0 Å². The van der Waals surface area contributed by atoms with Crippen molar-refractivity contribution in [3.63, 3.8) is 0 Å². The number of nitrogens with one attached hydrogen (secondary N) is 2. The molecule has 0 unspecified atom stereocenters. The molecular weight excluding hydrogens is 250 g/mol. The maximum absolute atomic E-state index is 5.80. The monoisotopic (exact) mass is 259 g/mol. The minimum absolute atomic E-state index is 0.602. The van der Waals surface area contributed by atoms with Crippen molar-refractivity contribution in [3.05, 3.63) is 35.5 Å². The van der Waals surface area contributed by atoms with Crippen LogP contribution in [0.5, 0.6) is 0 Å². The summed E-state index contributed by atoms with van der Waals surface area (Å²) in [6, 6.07) is 7.42. The summed E-state index contributed by atoms with van der Waals surface area (Å²) in [7, 11) is 1.82. The fourth-order valence-electron chi connectivity index (χ4n) is 1.67. The van der Waals surface area contributed by atoms with Gasteiger partial charge in [-0.25, -0.2) is 9.97 Å². The number of halogens is 1. The van der Waals surface area contributed by atoms with Crippen LogP contribution >= 0.6 is 11.6 Å². The molecule has 0 spiro atoms. The van der Waals surface area contributed by atoms with Crippen LogP contribution in [0.1, 0.15) is 0 Å². The first kappa shape index (κ1) is 11.0. The highest BCUT2D eigenvalue weighted by atomic mass is 35.5. The molecule has 90 valence electrons. The smallest absolute Gasteiger partial charge is 0.180 e. The standard InChI is InChI=1S/C12H10ClN5/c1-14-10-5-4-9-12(17-10)18-11(16-9)8-3-2-7(13)6-15-8/h2-6H,1H3,(H2,14,16,17,18). The first-order valence-electron chi connectivity index (χ1n) is 5.43. The second-order valence-electron chi connectivity index (χ2n) is 3.76. The Morgan fingerprint density at radius 2 is 2.06 bits per heavy atom. The molecule has 5 nitrogen and oxygen atoms in total. The van der Waals surface area contributed by atoms with Gasteiger partial charge in [0.25, 0.3) is 0 Å². The largest absolute Gasteiger partial charge is 0.373 e. The lowest BCUT2D eigenvalue weighted by molar-refractivity contribution is 1.23. The molecule has 0 aromatic carbocycles. The van der Waals surface area contributed by atoms with Crippen molar-refractivity contribution in [2.75, 3.05) is 12.4 Å². The van der Waals surface area contributed by atoms with E-state index in [-0.39, 0.29) is 0 Å². The third kappa shape index (κ3) is 1.89. The Labute approximate surface area is 108 Å². The molecule has 0 fully saturated rings. The van der Waals surface area contributed by atoms with E-state index in [2.05, 4.69) is 25.3 Å². The minimum Gasteiger partial charge on any atom is -0.373 e. The van der Waals surface area contributed by atoms with E-state index >= 15 is 0 Å². The van der Waals surface area contributed by atoms with Gasteiger partial charge in [0.15, 0.2) is 11.5 Å². The number of hydrogen-bond acceptors (Lipinski definition) is 4. The number of aromatic nitrogens is 4. The lowest BCUT2D eigenvalue weighted by Crippen LogP contribution is -1.91. The highest BCUT2D eigenvalue weighted by Gasteiger charge is 2.07. The van der Waals surface area contributed by atoms with E-state index in [0.717, 1.165) is 17.0 Å². The number of imidazole rings is 1. The van der Waals surface area contributed by atoms with Gasteiger partial charge in [-0.3, -0.25) is 4.98 Å². The molecule has 0 amide bonds. The molecule has 0 radical (unpaired) electrons. The number of nitrogens with zero attached hydrogens (tertiary/aromatic N) is 3. The number of rotatable bonds is 2. The average molecular weight is 260 g/mol. The molecule has 6 heteroatoms. The van der Waals surface area contributed by atoms with Crippen LogP contribution in [0.4, 0.5) is 5.82 Å². The topological polar surface area (TPSA) is 66.5 Å². The van der Waals surface area contributed by atoms with Crippen LogP contribution in [0.25, 0.3) is 22.7 Å². The summed E-state index contributed by atoms with van der Waals surface area (Å²) in [5.74, 6) is 1.46. The lowest BCUT2D eigenvalue weighted by Gasteiger charge is -1.95. The van der Waals surface area contributed by atoms with Crippen molar-refractivity contribution < 1.29 is 0 Å². The molecule has 0 aliphatic heterocycles. The Morgan fingerprint density at radius 3 is 2.78 bits per heavy atom. The van der Waals surface area contributed by atoms with Gasteiger partial charge in [0, 0.05) is 13.2 Å². The second kappa shape index (κ2) is 4.27. The van der Waals surface area contributed by atoms with Crippen LogP contribution < -0.4 is 5.32 Å². The first-order valence-corrected chi connectivity index (χ1v) is 5.80. The average Bonchev–Trinajstić information content (AvgIpc) is 2.82. The van der Waals surface area contributed by atoms with Gasteiger partial charge in [-0.1, -0.05) is 11.6 Å². The van der Waals surface area contributed by atoms with E-state index in [4.69, 9.17) is 11.6 Å². The summed E-state index contributed by atoms with van der Waals surface area (Å²) in [5, 5.41) is 3.58. The van der Waals surface area contributed by atoms with E-state index in [1.807, 2.05) is 25.2 Å². The van der Waals surface area contributed by atoms with E-state index < -0.39 is 0 Å². The minimum atomic E-state index is 0.602. The molecule has 0 aliphatic rings.